The number of halogens is 6. The Morgan fingerprint density at radius 1 is 0.543 bits per heavy atom. The van der Waals surface area contributed by atoms with Gasteiger partial charge in [0.1, 0.15) is 22.9 Å². The fraction of sp³-hybridized carbons (Fsp3) is 0.186. The highest BCUT2D eigenvalue weighted by molar-refractivity contribution is 6.06. The van der Waals surface area contributed by atoms with Crippen molar-refractivity contribution < 1.29 is 55.2 Å². The first-order valence-corrected chi connectivity index (χ1v) is 24.9. The second kappa shape index (κ2) is 23.8. The molecule has 6 heterocycles. The molecular formula is C59H50F6N10O6. The number of aromatic carboxylic acids is 1. The molecule has 10 rings (SSSR count). The largest absolute Gasteiger partial charge is 0.497 e. The lowest BCUT2D eigenvalue weighted by atomic mass is 10.0. The third-order valence-corrected chi connectivity index (χ3v) is 13.1. The van der Waals surface area contributed by atoms with Crippen molar-refractivity contribution in [2.45, 2.75) is 51.4 Å². The van der Waals surface area contributed by atoms with Crippen molar-refractivity contribution in [3.8, 4) is 45.6 Å². The first-order chi connectivity index (χ1) is 38.8. The number of nitrogens with one attached hydrogen (secondary N) is 2. The molecule has 0 radical (unpaired) electrons. The Labute approximate surface area is 459 Å². The summed E-state index contributed by atoms with van der Waals surface area (Å²) in [6, 6.07) is 39.7. The molecule has 0 fully saturated rings. The Balaban J connectivity index is 0.000000196. The normalized spacial score (nSPS) is 12.4. The van der Waals surface area contributed by atoms with Gasteiger partial charge in [0.2, 0.25) is 0 Å². The molecule has 10 aromatic rings. The second-order valence-electron chi connectivity index (χ2n) is 18.4. The van der Waals surface area contributed by atoms with Crippen LogP contribution in [-0.4, -0.2) is 77.9 Å². The molecular weight excluding hydrogens is 1060 g/mol. The Kier molecular flexibility index (Phi) is 16.5. The number of methoxy groups -OCH3 is 3. The SMILES string of the molecule is COC(=O)c1cc(-c2cccc(C(C)NCc3ccc(OC)cc3)n2)cc2c1cnn2-c1cccc(C(F)(F)F)n1.COc1ccc(CNC(C)c2cccc(-c3cc(C(=O)O)c4cnn(-c5cccc(C(F)(F)F)n5)c4c3)n2)cc1. The van der Waals surface area contributed by atoms with Crippen LogP contribution in [0.25, 0.3) is 56.0 Å². The smallest absolute Gasteiger partial charge is 0.433 e. The Bertz CT molecular complexity index is 3890. The van der Waals surface area contributed by atoms with E-state index in [1.807, 2.05) is 86.6 Å². The van der Waals surface area contributed by atoms with Crippen LogP contribution in [0.15, 0.2) is 158 Å². The van der Waals surface area contributed by atoms with E-state index in [1.54, 1.807) is 44.6 Å². The summed E-state index contributed by atoms with van der Waals surface area (Å²) in [5.74, 6) is -0.385. The molecule has 2 atom stereocenters. The maximum Gasteiger partial charge on any atom is 0.433 e. The van der Waals surface area contributed by atoms with E-state index in [1.165, 1.54) is 59.2 Å². The van der Waals surface area contributed by atoms with Gasteiger partial charge in [-0.05, 0) is 122 Å². The lowest BCUT2D eigenvalue weighted by Crippen LogP contribution is -2.19. The second-order valence-corrected chi connectivity index (χ2v) is 18.4. The molecule has 6 aromatic heterocycles. The lowest BCUT2D eigenvalue weighted by Gasteiger charge is -2.15. The van der Waals surface area contributed by atoms with Gasteiger partial charge in [-0.1, -0.05) is 48.5 Å². The summed E-state index contributed by atoms with van der Waals surface area (Å²) >= 11 is 0. The van der Waals surface area contributed by atoms with Crippen molar-refractivity contribution in [1.29, 1.82) is 0 Å². The van der Waals surface area contributed by atoms with Gasteiger partial charge < -0.3 is 30.0 Å². The van der Waals surface area contributed by atoms with E-state index in [-0.39, 0.29) is 40.2 Å². The van der Waals surface area contributed by atoms with Crippen LogP contribution in [0.2, 0.25) is 0 Å². The van der Waals surface area contributed by atoms with Gasteiger partial charge in [0.25, 0.3) is 0 Å². The van der Waals surface area contributed by atoms with Crippen molar-refractivity contribution in [2.75, 3.05) is 21.3 Å². The lowest BCUT2D eigenvalue weighted by molar-refractivity contribution is -0.141. The number of rotatable bonds is 16. The summed E-state index contributed by atoms with van der Waals surface area (Å²) < 4.78 is 97.7. The summed E-state index contributed by atoms with van der Waals surface area (Å²) in [4.78, 5) is 41.9. The van der Waals surface area contributed by atoms with Crippen LogP contribution >= 0.6 is 0 Å². The number of esters is 1. The summed E-state index contributed by atoms with van der Waals surface area (Å²) in [5.41, 5.74) is 4.46. The van der Waals surface area contributed by atoms with Crippen LogP contribution in [0.5, 0.6) is 11.5 Å². The molecule has 414 valence electrons. The highest BCUT2D eigenvalue weighted by Crippen LogP contribution is 2.34. The molecule has 81 heavy (non-hydrogen) atoms. The number of pyridine rings is 4. The van der Waals surface area contributed by atoms with Gasteiger partial charge in [0, 0.05) is 47.1 Å². The summed E-state index contributed by atoms with van der Waals surface area (Å²) in [5, 5.41) is 25.9. The topological polar surface area (TPSA) is 193 Å². The van der Waals surface area contributed by atoms with Gasteiger partial charge in [-0.25, -0.2) is 28.9 Å². The first-order valence-electron chi connectivity index (χ1n) is 24.9. The van der Waals surface area contributed by atoms with E-state index >= 15 is 0 Å². The zero-order valence-corrected chi connectivity index (χ0v) is 43.9. The number of carboxylic acid groups (broad SMARTS) is 1. The summed E-state index contributed by atoms with van der Waals surface area (Å²) in [6.07, 6.45) is -6.55. The van der Waals surface area contributed by atoms with Gasteiger partial charge in [0.05, 0.1) is 78.7 Å². The maximum absolute atomic E-state index is 13.3. The van der Waals surface area contributed by atoms with Crippen LogP contribution in [0, 0.1) is 0 Å². The van der Waals surface area contributed by atoms with Crippen molar-refractivity contribution in [3.05, 3.63) is 203 Å². The zero-order chi connectivity index (χ0) is 57.6. The highest BCUT2D eigenvalue weighted by Gasteiger charge is 2.34. The molecule has 0 aliphatic carbocycles. The number of ether oxygens (including phenoxy) is 3. The molecule has 0 saturated heterocycles. The molecule has 16 nitrogen and oxygen atoms in total. The van der Waals surface area contributed by atoms with E-state index in [0.29, 0.717) is 52.0 Å². The molecule has 22 heteroatoms. The third-order valence-electron chi connectivity index (χ3n) is 13.1. The van der Waals surface area contributed by atoms with Crippen LogP contribution < -0.4 is 20.1 Å². The van der Waals surface area contributed by atoms with Crippen LogP contribution in [-0.2, 0) is 30.2 Å². The number of aromatic nitrogens is 8. The number of fused-ring (bicyclic) bond motifs is 2. The zero-order valence-electron chi connectivity index (χ0n) is 43.9. The number of nitrogens with zero attached hydrogens (tertiary/aromatic N) is 8. The fourth-order valence-electron chi connectivity index (χ4n) is 8.71. The van der Waals surface area contributed by atoms with Gasteiger partial charge in [-0.15, -0.1) is 0 Å². The average Bonchev–Trinajstić information content (AvgIpc) is 4.28. The van der Waals surface area contributed by atoms with E-state index in [0.717, 1.165) is 46.1 Å². The molecule has 0 aliphatic heterocycles. The minimum atomic E-state index is -4.64. The van der Waals surface area contributed by atoms with E-state index in [2.05, 4.69) is 30.8 Å². The molecule has 0 spiro atoms. The molecule has 0 saturated carbocycles. The molecule has 2 unspecified atom stereocenters. The number of hydrogen-bond acceptors (Lipinski definition) is 13. The Morgan fingerprint density at radius 2 is 0.951 bits per heavy atom. The molecule has 4 aromatic carbocycles. The number of carbonyl (C=O) groups excluding carboxylic acids is 1. The van der Waals surface area contributed by atoms with Crippen LogP contribution in [0.4, 0.5) is 26.3 Å². The van der Waals surface area contributed by atoms with Crippen molar-refractivity contribution in [1.82, 2.24) is 50.1 Å². The van der Waals surface area contributed by atoms with Crippen LogP contribution in [0.1, 0.15) is 80.5 Å². The standard InChI is InChI=1S/C30H26F3N5O3.C29H24F3N5O3/c1-18(34-16-19-10-12-21(40-2)13-11-19)24-6-4-7-25(36-24)20-14-22(29(39)41-3)23-17-35-38(26(23)15-20)28-9-5-8-27(37-28)30(31,32)33;1-17(33-15-18-9-11-20(40-2)12-10-18)23-5-3-6-24(35-23)19-13-21(28(38)39)22-16-34-37(25(22)14-19)27-8-4-7-26(36-27)29(30,31)32/h4-15,17-18,34H,16H2,1-3H3;3-14,16-17,33H,15H2,1-2H3,(H,38,39). The summed E-state index contributed by atoms with van der Waals surface area (Å²) in [7, 11) is 4.49. The minimum Gasteiger partial charge on any atom is -0.497 e. The van der Waals surface area contributed by atoms with Gasteiger partial charge in [-0.3, -0.25) is 9.97 Å². The minimum absolute atomic E-state index is 0.0409. The van der Waals surface area contributed by atoms with Crippen molar-refractivity contribution >= 4 is 33.7 Å². The van der Waals surface area contributed by atoms with Gasteiger partial charge in [0.15, 0.2) is 11.6 Å². The molecule has 0 amide bonds. The predicted octanol–water partition coefficient (Wildman–Crippen LogP) is 12.2. The predicted molar refractivity (Wildman–Crippen MR) is 289 cm³/mol. The van der Waals surface area contributed by atoms with Crippen molar-refractivity contribution in [3.63, 3.8) is 0 Å². The molecule has 3 N–H and O–H groups in total. The van der Waals surface area contributed by atoms with E-state index in [4.69, 9.17) is 24.2 Å². The first kappa shape index (κ1) is 56.2. The number of carbonyl (C=O) groups is 2. The van der Waals surface area contributed by atoms with Crippen LogP contribution in [0.3, 0.4) is 0 Å². The maximum atomic E-state index is 13.3. The number of benzene rings is 4. The Hall–Kier alpha value is -9.54. The van der Waals surface area contributed by atoms with E-state index in [9.17, 15) is 41.0 Å². The monoisotopic (exact) mass is 1110 g/mol. The Morgan fingerprint density at radius 3 is 1.35 bits per heavy atom. The van der Waals surface area contributed by atoms with E-state index < -0.39 is 35.7 Å². The highest BCUT2D eigenvalue weighted by atomic mass is 19.4. The quantitative estimate of drug-likeness (QED) is 0.0611. The molecule has 0 aliphatic rings. The average molecular weight is 1110 g/mol. The van der Waals surface area contributed by atoms with Gasteiger partial charge >= 0.3 is 24.3 Å². The number of hydrogen-bond donors (Lipinski definition) is 3. The third kappa shape index (κ3) is 12.8. The number of alkyl halides is 6. The van der Waals surface area contributed by atoms with Crippen molar-refractivity contribution in [2.24, 2.45) is 0 Å². The fourth-order valence-corrected chi connectivity index (χ4v) is 8.71. The van der Waals surface area contributed by atoms with Gasteiger partial charge in [-0.2, -0.15) is 36.5 Å². The molecule has 0 bridgehead atoms. The summed E-state index contributed by atoms with van der Waals surface area (Å²) in [6.45, 7) is 5.16. The number of carboxylic acids is 1.